The van der Waals surface area contributed by atoms with Crippen molar-refractivity contribution >= 4 is 0 Å². The molecule has 0 heterocycles. The van der Waals surface area contributed by atoms with Crippen molar-refractivity contribution in [2.24, 2.45) is 35.5 Å². The van der Waals surface area contributed by atoms with E-state index in [1.165, 1.54) is 36.8 Å². The van der Waals surface area contributed by atoms with Gasteiger partial charge in [0, 0.05) is 0 Å². The summed E-state index contributed by atoms with van der Waals surface area (Å²) in [5.41, 5.74) is 2.48. The molecule has 19 heavy (non-hydrogen) atoms. The van der Waals surface area contributed by atoms with Gasteiger partial charge in [-0.3, -0.25) is 0 Å². The summed E-state index contributed by atoms with van der Waals surface area (Å²) in [6.45, 7) is 12.7. The Kier molecular flexibility index (Phi) is 3.62. The molecule has 3 rings (SSSR count). The lowest BCUT2D eigenvalue weighted by Gasteiger charge is -2.31. The minimum atomic E-state index is 1.01. The van der Waals surface area contributed by atoms with Gasteiger partial charge in [0.1, 0.15) is 0 Å². The summed E-state index contributed by atoms with van der Waals surface area (Å²) in [4.78, 5) is 0. The van der Waals surface area contributed by atoms with Crippen LogP contribution in [0.2, 0.25) is 0 Å². The van der Waals surface area contributed by atoms with Gasteiger partial charge in [0.25, 0.3) is 0 Å². The van der Waals surface area contributed by atoms with Gasteiger partial charge in [0.05, 0.1) is 0 Å². The summed E-state index contributed by atoms with van der Waals surface area (Å²) in [7, 11) is 0. The minimum absolute atomic E-state index is 1.01. The molecule has 0 heteroatoms. The number of hydrogen-bond donors (Lipinski definition) is 0. The lowest BCUT2D eigenvalue weighted by atomic mass is 9.74. The normalized spacial score (nSPS) is 43.5. The zero-order chi connectivity index (χ0) is 13.6. The topological polar surface area (TPSA) is 0 Å². The molecule has 0 aromatic rings. The maximum atomic E-state index is 4.17. The number of rotatable bonds is 5. The van der Waals surface area contributed by atoms with Crippen LogP contribution >= 0.6 is 0 Å². The van der Waals surface area contributed by atoms with Crippen LogP contribution in [0.15, 0.2) is 24.3 Å². The van der Waals surface area contributed by atoms with E-state index in [0.29, 0.717) is 0 Å². The largest absolute Gasteiger partial charge is 0.0959 e. The Morgan fingerprint density at radius 2 is 1.74 bits per heavy atom. The standard InChI is InChI=1S/C19H30/c1-5-14-8-17-16-10-15(7-6-13(4)12(2)3)18(11-16)19(17)9-14/h14-19H,2,4-11H2,1,3H3. The first-order valence-corrected chi connectivity index (χ1v) is 8.43. The van der Waals surface area contributed by atoms with E-state index in [0.717, 1.165) is 35.5 Å². The van der Waals surface area contributed by atoms with Gasteiger partial charge >= 0.3 is 0 Å². The zero-order valence-corrected chi connectivity index (χ0v) is 12.8. The van der Waals surface area contributed by atoms with Crippen molar-refractivity contribution in [1.29, 1.82) is 0 Å². The van der Waals surface area contributed by atoms with E-state index < -0.39 is 0 Å². The highest BCUT2D eigenvalue weighted by Gasteiger charge is 2.54. The van der Waals surface area contributed by atoms with Crippen molar-refractivity contribution in [3.63, 3.8) is 0 Å². The highest BCUT2D eigenvalue weighted by molar-refractivity contribution is 5.22. The van der Waals surface area contributed by atoms with E-state index >= 15 is 0 Å². The molecular formula is C19H30. The molecule has 0 amide bonds. The van der Waals surface area contributed by atoms with Crippen molar-refractivity contribution < 1.29 is 0 Å². The molecule has 6 unspecified atom stereocenters. The SMILES string of the molecule is C=C(C)C(=C)CCC1CC2CC1C1CC(CC)CC21. The van der Waals surface area contributed by atoms with Crippen LogP contribution in [0.1, 0.15) is 58.8 Å². The number of hydrogen-bond acceptors (Lipinski definition) is 0. The molecule has 0 N–H and O–H groups in total. The molecule has 0 spiro atoms. The highest BCUT2D eigenvalue weighted by atomic mass is 14.6. The fraction of sp³-hybridized carbons (Fsp3) is 0.789. The van der Waals surface area contributed by atoms with Crippen molar-refractivity contribution in [1.82, 2.24) is 0 Å². The summed E-state index contributed by atoms with van der Waals surface area (Å²) >= 11 is 0. The van der Waals surface area contributed by atoms with Crippen LogP contribution in [0.3, 0.4) is 0 Å². The van der Waals surface area contributed by atoms with Crippen molar-refractivity contribution in [2.45, 2.75) is 58.8 Å². The number of allylic oxidation sites excluding steroid dienone is 2. The third kappa shape index (κ3) is 2.32. The first kappa shape index (κ1) is 13.5. The van der Waals surface area contributed by atoms with Gasteiger partial charge in [-0.1, -0.05) is 37.6 Å². The third-order valence-electron chi connectivity index (χ3n) is 6.70. The van der Waals surface area contributed by atoms with Crippen LogP contribution in [-0.4, -0.2) is 0 Å². The smallest absolute Gasteiger partial charge is 0.0280 e. The Hall–Kier alpha value is -0.520. The summed E-state index contributed by atoms with van der Waals surface area (Å²) in [6.07, 6.45) is 10.2. The van der Waals surface area contributed by atoms with Gasteiger partial charge in [-0.05, 0) is 81.0 Å². The zero-order valence-electron chi connectivity index (χ0n) is 12.8. The molecule has 0 aromatic heterocycles. The van der Waals surface area contributed by atoms with Gasteiger partial charge in [-0.25, -0.2) is 0 Å². The van der Waals surface area contributed by atoms with Crippen LogP contribution in [0.5, 0.6) is 0 Å². The van der Waals surface area contributed by atoms with Gasteiger partial charge < -0.3 is 0 Å². The summed E-state index contributed by atoms with van der Waals surface area (Å²) in [5.74, 6) is 6.46. The van der Waals surface area contributed by atoms with E-state index in [-0.39, 0.29) is 0 Å². The molecule has 0 radical (unpaired) electrons. The molecule has 3 aliphatic carbocycles. The van der Waals surface area contributed by atoms with Crippen LogP contribution in [0.25, 0.3) is 0 Å². The van der Waals surface area contributed by atoms with E-state index in [1.807, 2.05) is 0 Å². The molecule has 2 bridgehead atoms. The monoisotopic (exact) mass is 258 g/mol. The van der Waals surface area contributed by atoms with Crippen LogP contribution < -0.4 is 0 Å². The first-order chi connectivity index (χ1) is 9.10. The molecule has 0 saturated heterocycles. The molecule has 6 atom stereocenters. The van der Waals surface area contributed by atoms with Gasteiger partial charge in [-0.15, -0.1) is 0 Å². The maximum Gasteiger partial charge on any atom is -0.0280 e. The lowest BCUT2D eigenvalue weighted by Crippen LogP contribution is -2.24. The quantitative estimate of drug-likeness (QED) is 0.562. The first-order valence-electron chi connectivity index (χ1n) is 8.43. The molecule has 106 valence electrons. The fourth-order valence-electron chi connectivity index (χ4n) is 5.56. The Morgan fingerprint density at radius 1 is 1.00 bits per heavy atom. The van der Waals surface area contributed by atoms with Crippen LogP contribution in [0, 0.1) is 35.5 Å². The van der Waals surface area contributed by atoms with E-state index in [4.69, 9.17) is 0 Å². The Balaban J connectivity index is 1.57. The van der Waals surface area contributed by atoms with Crippen molar-refractivity contribution in [2.75, 3.05) is 0 Å². The van der Waals surface area contributed by atoms with Gasteiger partial charge in [0.2, 0.25) is 0 Å². The van der Waals surface area contributed by atoms with E-state index in [2.05, 4.69) is 27.0 Å². The average molecular weight is 258 g/mol. The van der Waals surface area contributed by atoms with E-state index in [9.17, 15) is 0 Å². The molecule has 3 fully saturated rings. The Morgan fingerprint density at radius 3 is 2.42 bits per heavy atom. The molecule has 3 saturated carbocycles. The molecular weight excluding hydrogens is 228 g/mol. The minimum Gasteiger partial charge on any atom is -0.0959 e. The molecule has 0 nitrogen and oxygen atoms in total. The molecule has 3 aliphatic rings. The van der Waals surface area contributed by atoms with Crippen LogP contribution in [-0.2, 0) is 0 Å². The third-order valence-corrected chi connectivity index (χ3v) is 6.70. The number of fused-ring (bicyclic) bond motifs is 5. The second kappa shape index (κ2) is 5.11. The maximum absolute atomic E-state index is 4.17. The predicted octanol–water partition coefficient (Wildman–Crippen LogP) is 5.61. The predicted molar refractivity (Wildman–Crippen MR) is 82.9 cm³/mol. The second-order valence-corrected chi connectivity index (χ2v) is 7.65. The second-order valence-electron chi connectivity index (χ2n) is 7.65. The molecule has 0 aromatic carbocycles. The average Bonchev–Trinajstić information content (AvgIpc) is 3.05. The van der Waals surface area contributed by atoms with Gasteiger partial charge in [-0.2, -0.15) is 0 Å². The Bertz CT molecular complexity index is 377. The summed E-state index contributed by atoms with van der Waals surface area (Å²) in [6, 6.07) is 0. The van der Waals surface area contributed by atoms with E-state index in [1.54, 1.807) is 19.3 Å². The summed E-state index contributed by atoms with van der Waals surface area (Å²) in [5, 5.41) is 0. The van der Waals surface area contributed by atoms with Gasteiger partial charge in [0.15, 0.2) is 0 Å². The van der Waals surface area contributed by atoms with Crippen LogP contribution in [0.4, 0.5) is 0 Å². The Labute approximate surface area is 119 Å². The van der Waals surface area contributed by atoms with Crippen molar-refractivity contribution in [3.05, 3.63) is 24.3 Å². The summed E-state index contributed by atoms with van der Waals surface area (Å²) < 4.78 is 0. The highest BCUT2D eigenvalue weighted by Crippen LogP contribution is 2.63. The lowest BCUT2D eigenvalue weighted by molar-refractivity contribution is 0.181. The molecule has 0 aliphatic heterocycles. The fourth-order valence-corrected chi connectivity index (χ4v) is 5.56. The van der Waals surface area contributed by atoms with Crippen molar-refractivity contribution in [3.8, 4) is 0 Å².